The second-order valence-electron chi connectivity index (χ2n) is 9.39. The molecule has 0 unspecified atom stereocenters. The smallest absolute Gasteiger partial charge is 0.318 e. The lowest BCUT2D eigenvalue weighted by Crippen LogP contribution is -2.44. The topological polar surface area (TPSA) is 181 Å². The number of carbonyl (C=O) groups is 2. The van der Waals surface area contributed by atoms with E-state index in [4.69, 9.17) is 10.5 Å². The van der Waals surface area contributed by atoms with Gasteiger partial charge in [0, 0.05) is 19.1 Å². The highest BCUT2D eigenvalue weighted by atomic mass is 16.6. The van der Waals surface area contributed by atoms with Crippen LogP contribution in [0.1, 0.15) is 50.6 Å². The lowest BCUT2D eigenvalue weighted by molar-refractivity contribution is -0.137. The van der Waals surface area contributed by atoms with Crippen LogP contribution in [0.15, 0.2) is 6.33 Å². The molecule has 2 aromatic rings. The first-order chi connectivity index (χ1) is 17.4. The van der Waals surface area contributed by atoms with Crippen LogP contribution in [0.4, 0.5) is 10.6 Å². The zero-order valence-corrected chi connectivity index (χ0v) is 19.9. The highest BCUT2D eigenvalue weighted by Gasteiger charge is 2.48. The molecular formula is C23H30N8O5. The minimum Gasteiger partial charge on any atom is -0.387 e. The number of fused-ring (bicyclic) bond motifs is 1. The SMILES string of the molecule is CNC(=O)N(CC#Cc1nc(N)c2ncn([C@@H]3O[C@H](C(=O)NC4CC4)[C@H](O)[C@@H]3O)c2n1)C1CCCC1. The lowest BCUT2D eigenvalue weighted by Gasteiger charge is -2.26. The summed E-state index contributed by atoms with van der Waals surface area (Å²) in [4.78, 5) is 39.3. The molecule has 3 aliphatic rings. The van der Waals surface area contributed by atoms with E-state index in [-0.39, 0.29) is 47.5 Å². The zero-order chi connectivity index (χ0) is 25.4. The number of rotatable bonds is 5. The lowest BCUT2D eigenvalue weighted by atomic mass is 10.1. The number of amides is 3. The van der Waals surface area contributed by atoms with E-state index in [1.54, 1.807) is 11.9 Å². The number of anilines is 1. The molecule has 2 aliphatic carbocycles. The number of carbonyl (C=O) groups excluding carboxylic acids is 2. The number of nitrogens with one attached hydrogen (secondary N) is 2. The molecule has 3 amide bonds. The number of nitrogens with two attached hydrogens (primary N) is 1. The minimum absolute atomic E-state index is 0.0815. The fraction of sp³-hybridized carbons (Fsp3) is 0.609. The first-order valence-electron chi connectivity index (χ1n) is 12.2. The number of imidazole rings is 1. The molecule has 36 heavy (non-hydrogen) atoms. The van der Waals surface area contributed by atoms with Gasteiger partial charge in [-0.05, 0) is 31.6 Å². The predicted octanol–water partition coefficient (Wildman–Crippen LogP) is -0.758. The van der Waals surface area contributed by atoms with Gasteiger partial charge >= 0.3 is 6.03 Å². The molecular weight excluding hydrogens is 468 g/mol. The second-order valence-corrected chi connectivity index (χ2v) is 9.39. The molecule has 13 nitrogen and oxygen atoms in total. The Kier molecular flexibility index (Phi) is 6.65. The monoisotopic (exact) mass is 498 g/mol. The molecule has 192 valence electrons. The summed E-state index contributed by atoms with van der Waals surface area (Å²) in [5.74, 6) is 5.54. The van der Waals surface area contributed by atoms with E-state index >= 15 is 0 Å². The molecule has 6 N–H and O–H groups in total. The summed E-state index contributed by atoms with van der Waals surface area (Å²) in [5.41, 5.74) is 6.60. The van der Waals surface area contributed by atoms with Crippen molar-refractivity contribution in [2.45, 2.75) is 75.1 Å². The number of aliphatic hydroxyl groups is 2. The number of nitrogens with zero attached hydrogens (tertiary/aromatic N) is 5. The van der Waals surface area contributed by atoms with Gasteiger partial charge in [0.25, 0.3) is 5.91 Å². The van der Waals surface area contributed by atoms with Crippen molar-refractivity contribution in [1.82, 2.24) is 35.1 Å². The maximum atomic E-state index is 12.4. The highest BCUT2D eigenvalue weighted by Crippen LogP contribution is 2.33. The van der Waals surface area contributed by atoms with Crippen molar-refractivity contribution in [3.8, 4) is 11.8 Å². The number of aliphatic hydroxyl groups excluding tert-OH is 2. The molecule has 2 aromatic heterocycles. The van der Waals surface area contributed by atoms with Gasteiger partial charge in [-0.1, -0.05) is 18.8 Å². The summed E-state index contributed by atoms with van der Waals surface area (Å²) in [6.07, 6.45) is 2.03. The van der Waals surface area contributed by atoms with Crippen LogP contribution in [-0.2, 0) is 9.53 Å². The van der Waals surface area contributed by atoms with Gasteiger partial charge in [-0.25, -0.2) is 19.7 Å². The van der Waals surface area contributed by atoms with Crippen molar-refractivity contribution >= 4 is 28.9 Å². The Morgan fingerprint density at radius 3 is 2.67 bits per heavy atom. The summed E-state index contributed by atoms with van der Waals surface area (Å²) in [6.45, 7) is 0.208. The van der Waals surface area contributed by atoms with Crippen LogP contribution in [0, 0.1) is 11.8 Å². The third kappa shape index (κ3) is 4.67. The summed E-state index contributed by atoms with van der Waals surface area (Å²) in [6, 6.07) is 0.0447. The van der Waals surface area contributed by atoms with Gasteiger partial charge in [-0.2, -0.15) is 0 Å². The van der Waals surface area contributed by atoms with Crippen molar-refractivity contribution in [3.63, 3.8) is 0 Å². The molecule has 3 heterocycles. The fourth-order valence-electron chi connectivity index (χ4n) is 4.73. The molecule has 5 rings (SSSR count). The summed E-state index contributed by atoms with van der Waals surface area (Å²) >= 11 is 0. The van der Waals surface area contributed by atoms with E-state index in [0.29, 0.717) is 0 Å². The van der Waals surface area contributed by atoms with Gasteiger partial charge in [0.15, 0.2) is 23.8 Å². The third-order valence-electron chi connectivity index (χ3n) is 6.83. The molecule has 1 saturated heterocycles. The predicted molar refractivity (Wildman–Crippen MR) is 127 cm³/mol. The summed E-state index contributed by atoms with van der Waals surface area (Å²) in [7, 11) is 1.59. The van der Waals surface area contributed by atoms with Crippen LogP contribution in [0.5, 0.6) is 0 Å². The van der Waals surface area contributed by atoms with Crippen LogP contribution < -0.4 is 16.4 Å². The molecule has 0 bridgehead atoms. The molecule has 0 aromatic carbocycles. The molecule has 1 aliphatic heterocycles. The van der Waals surface area contributed by atoms with Gasteiger partial charge in [0.1, 0.15) is 17.7 Å². The standard InChI is InChI=1S/C23H30N8O5/c1-25-23(35)30(13-5-2-3-6-13)10-4-7-14-28-19(24)15-20(29-14)31(11-26-15)22-17(33)16(32)18(36-22)21(34)27-12-8-9-12/h11-13,16-18,22,32-33H,2-3,5-6,8-10H2,1H3,(H,25,35)(H,27,34)(H2,24,28,29)/t16-,17+,18+,22-/m1/s1. The van der Waals surface area contributed by atoms with Crippen LogP contribution in [-0.4, -0.2) is 90.6 Å². The summed E-state index contributed by atoms with van der Waals surface area (Å²) in [5, 5.41) is 26.5. The van der Waals surface area contributed by atoms with Crippen molar-refractivity contribution in [2.24, 2.45) is 0 Å². The average molecular weight is 499 g/mol. The van der Waals surface area contributed by atoms with Crippen LogP contribution in [0.3, 0.4) is 0 Å². The van der Waals surface area contributed by atoms with E-state index in [9.17, 15) is 19.8 Å². The fourth-order valence-corrected chi connectivity index (χ4v) is 4.73. The van der Waals surface area contributed by atoms with Gasteiger partial charge < -0.3 is 36.2 Å². The van der Waals surface area contributed by atoms with E-state index < -0.39 is 30.4 Å². The normalized spacial score (nSPS) is 26.0. The minimum atomic E-state index is -1.42. The number of nitrogen functional groups attached to an aromatic ring is 1. The molecule has 0 radical (unpaired) electrons. The number of aromatic nitrogens is 4. The molecule has 13 heteroatoms. The Morgan fingerprint density at radius 2 is 1.97 bits per heavy atom. The first-order valence-corrected chi connectivity index (χ1v) is 12.2. The molecule has 0 spiro atoms. The Balaban J connectivity index is 1.37. The Bertz CT molecular complexity index is 1210. The van der Waals surface area contributed by atoms with E-state index in [1.807, 2.05) is 0 Å². The van der Waals surface area contributed by atoms with Crippen LogP contribution >= 0.6 is 0 Å². The molecule has 4 atom stereocenters. The van der Waals surface area contributed by atoms with Crippen molar-refractivity contribution in [2.75, 3.05) is 19.3 Å². The first kappa shape index (κ1) is 24.2. The number of urea groups is 1. The Labute approximate surface area is 207 Å². The van der Waals surface area contributed by atoms with E-state index in [1.165, 1.54) is 10.9 Å². The number of ether oxygens (including phenoxy) is 1. The van der Waals surface area contributed by atoms with Crippen LogP contribution in [0.25, 0.3) is 11.2 Å². The maximum absolute atomic E-state index is 12.4. The van der Waals surface area contributed by atoms with Crippen molar-refractivity contribution in [1.29, 1.82) is 0 Å². The van der Waals surface area contributed by atoms with Crippen molar-refractivity contribution in [3.05, 3.63) is 12.2 Å². The Hall–Kier alpha value is -3.47. The molecule has 3 fully saturated rings. The highest BCUT2D eigenvalue weighted by molar-refractivity contribution is 5.83. The zero-order valence-electron chi connectivity index (χ0n) is 19.9. The quantitative estimate of drug-likeness (QED) is 0.331. The summed E-state index contributed by atoms with van der Waals surface area (Å²) < 4.78 is 7.15. The second kappa shape index (κ2) is 9.88. The van der Waals surface area contributed by atoms with E-state index in [0.717, 1.165) is 38.5 Å². The van der Waals surface area contributed by atoms with Gasteiger partial charge in [-0.15, -0.1) is 0 Å². The number of hydrogen-bond acceptors (Lipinski definition) is 9. The van der Waals surface area contributed by atoms with E-state index in [2.05, 4.69) is 37.4 Å². The third-order valence-corrected chi connectivity index (χ3v) is 6.83. The molecule has 2 saturated carbocycles. The van der Waals surface area contributed by atoms with Gasteiger partial charge in [0.2, 0.25) is 5.82 Å². The largest absolute Gasteiger partial charge is 0.387 e. The van der Waals surface area contributed by atoms with Gasteiger partial charge in [0.05, 0.1) is 12.9 Å². The maximum Gasteiger partial charge on any atom is 0.318 e. The average Bonchev–Trinajstić information content (AvgIpc) is 3.22. The Morgan fingerprint density at radius 1 is 1.22 bits per heavy atom. The van der Waals surface area contributed by atoms with Crippen LogP contribution in [0.2, 0.25) is 0 Å². The number of hydrogen-bond donors (Lipinski definition) is 5. The van der Waals surface area contributed by atoms with Crippen molar-refractivity contribution < 1.29 is 24.5 Å². The van der Waals surface area contributed by atoms with Gasteiger partial charge in [-0.3, -0.25) is 9.36 Å².